The van der Waals surface area contributed by atoms with Crippen molar-refractivity contribution in [3.63, 3.8) is 0 Å². The zero-order valence-corrected chi connectivity index (χ0v) is 13.8. The van der Waals surface area contributed by atoms with Crippen LogP contribution in [-0.4, -0.2) is 49.0 Å². The largest absolute Gasteiger partial charge is 0.497 e. The van der Waals surface area contributed by atoms with Crippen molar-refractivity contribution in [2.75, 3.05) is 27.7 Å². The summed E-state index contributed by atoms with van der Waals surface area (Å²) < 4.78 is 5.25. The molecule has 0 unspecified atom stereocenters. The Morgan fingerprint density at radius 3 is 2.67 bits per heavy atom. The summed E-state index contributed by atoms with van der Waals surface area (Å²) in [7, 11) is 5.64. The molecule has 2 rings (SSSR count). The number of nitrogens with zero attached hydrogens (tertiary/aromatic N) is 1. The molecule has 0 aliphatic heterocycles. The summed E-state index contributed by atoms with van der Waals surface area (Å²) in [4.78, 5) is 2.09. The van der Waals surface area contributed by atoms with Crippen LogP contribution in [0.25, 0.3) is 0 Å². The lowest BCUT2D eigenvalue weighted by molar-refractivity contribution is -0.0992. The van der Waals surface area contributed by atoms with Crippen LogP contribution in [0, 0.1) is 5.92 Å². The van der Waals surface area contributed by atoms with Crippen LogP contribution in [-0.2, 0) is 5.60 Å². The van der Waals surface area contributed by atoms with Gasteiger partial charge in [-0.25, -0.2) is 0 Å². The van der Waals surface area contributed by atoms with Crippen LogP contribution in [0.4, 0.5) is 0 Å². The van der Waals surface area contributed by atoms with E-state index >= 15 is 0 Å². The van der Waals surface area contributed by atoms with Crippen LogP contribution in [0.15, 0.2) is 24.3 Å². The van der Waals surface area contributed by atoms with Crippen LogP contribution in [0.3, 0.4) is 0 Å². The number of hydrogen-bond donors (Lipinski definition) is 2. The number of ether oxygens (including phenoxy) is 1. The molecule has 120 valence electrons. The molecule has 3 atom stereocenters. The second-order valence-electron chi connectivity index (χ2n) is 6.05. The highest BCUT2D eigenvalue weighted by Gasteiger charge is 2.43. The highest BCUT2D eigenvalue weighted by Crippen LogP contribution is 2.42. The minimum Gasteiger partial charge on any atom is -0.497 e. The highest BCUT2D eigenvalue weighted by atomic mass is 35.5. The molecular weight excluding hydrogens is 290 g/mol. The van der Waals surface area contributed by atoms with Gasteiger partial charge < -0.3 is 19.8 Å². The Bertz CT molecular complexity index is 455. The molecule has 2 N–H and O–H groups in total. The standard InChI is InChI=1S/C16H25NO3.ClH/c1-17(2)11-13-7-8-14(18)10-16(13,19)12-5-4-6-15(9-12)20-3;/h4-6,9,13-14,18-19H,7-8,10-11H2,1-3H3;1H/t13-,14-,16+;/m0./s1. The van der Waals surface area contributed by atoms with Crippen molar-refractivity contribution in [3.8, 4) is 5.75 Å². The number of methoxy groups -OCH3 is 1. The van der Waals surface area contributed by atoms with Crippen molar-refractivity contribution in [2.45, 2.75) is 31.0 Å². The maximum Gasteiger partial charge on any atom is 0.119 e. The molecule has 1 aliphatic rings. The molecule has 0 bridgehead atoms. The van der Waals surface area contributed by atoms with E-state index in [0.717, 1.165) is 30.7 Å². The van der Waals surface area contributed by atoms with Gasteiger partial charge in [-0.05, 0) is 44.6 Å². The molecule has 0 amide bonds. The molecule has 1 aromatic carbocycles. The molecule has 1 saturated carbocycles. The van der Waals surface area contributed by atoms with Gasteiger partial charge >= 0.3 is 0 Å². The molecule has 0 saturated heterocycles. The average Bonchev–Trinajstić information content (AvgIpc) is 2.42. The Kier molecular flexibility index (Phi) is 6.47. The van der Waals surface area contributed by atoms with Gasteiger partial charge in [0, 0.05) is 18.9 Å². The lowest BCUT2D eigenvalue weighted by Gasteiger charge is -2.43. The molecule has 1 aliphatic carbocycles. The van der Waals surface area contributed by atoms with Crippen molar-refractivity contribution in [3.05, 3.63) is 29.8 Å². The first kappa shape index (κ1) is 18.2. The minimum absolute atomic E-state index is 0. The number of aliphatic hydroxyl groups excluding tert-OH is 1. The Balaban J connectivity index is 0.00000220. The Morgan fingerprint density at radius 1 is 1.33 bits per heavy atom. The summed E-state index contributed by atoms with van der Waals surface area (Å²) in [6, 6.07) is 7.55. The summed E-state index contributed by atoms with van der Waals surface area (Å²) in [5.74, 6) is 0.854. The van der Waals surface area contributed by atoms with E-state index in [0.29, 0.717) is 6.42 Å². The van der Waals surface area contributed by atoms with E-state index in [9.17, 15) is 10.2 Å². The van der Waals surface area contributed by atoms with Gasteiger partial charge in [0.2, 0.25) is 0 Å². The molecule has 1 fully saturated rings. The van der Waals surface area contributed by atoms with Crippen LogP contribution in [0.2, 0.25) is 0 Å². The van der Waals surface area contributed by atoms with E-state index in [1.807, 2.05) is 38.4 Å². The molecule has 21 heavy (non-hydrogen) atoms. The zero-order valence-electron chi connectivity index (χ0n) is 13.0. The van der Waals surface area contributed by atoms with Gasteiger partial charge in [0.25, 0.3) is 0 Å². The first-order valence-corrected chi connectivity index (χ1v) is 7.15. The predicted octanol–water partition coefficient (Wildman–Crippen LogP) is 2.03. The van der Waals surface area contributed by atoms with E-state index in [1.165, 1.54) is 0 Å². The lowest BCUT2D eigenvalue weighted by atomic mass is 9.70. The van der Waals surface area contributed by atoms with Crippen molar-refractivity contribution in [1.29, 1.82) is 0 Å². The van der Waals surface area contributed by atoms with Gasteiger partial charge in [0.1, 0.15) is 5.75 Å². The third-order valence-corrected chi connectivity index (χ3v) is 4.23. The second-order valence-corrected chi connectivity index (χ2v) is 6.05. The number of benzene rings is 1. The Morgan fingerprint density at radius 2 is 2.05 bits per heavy atom. The fourth-order valence-electron chi connectivity index (χ4n) is 3.19. The Hall–Kier alpha value is -0.810. The molecule has 4 nitrogen and oxygen atoms in total. The molecule has 0 aromatic heterocycles. The van der Waals surface area contributed by atoms with E-state index in [4.69, 9.17) is 4.74 Å². The summed E-state index contributed by atoms with van der Waals surface area (Å²) in [5, 5.41) is 21.2. The summed E-state index contributed by atoms with van der Waals surface area (Å²) in [5.41, 5.74) is -0.154. The van der Waals surface area contributed by atoms with Crippen molar-refractivity contribution >= 4 is 12.4 Å². The quantitative estimate of drug-likeness (QED) is 0.892. The zero-order chi connectivity index (χ0) is 14.8. The first-order chi connectivity index (χ1) is 9.45. The monoisotopic (exact) mass is 315 g/mol. The third-order valence-electron chi connectivity index (χ3n) is 4.23. The van der Waals surface area contributed by atoms with Crippen LogP contribution in [0.1, 0.15) is 24.8 Å². The SMILES string of the molecule is COc1cccc([C@]2(O)C[C@@H](O)CC[C@H]2CN(C)C)c1.Cl. The number of rotatable bonds is 4. The summed E-state index contributed by atoms with van der Waals surface area (Å²) in [6.45, 7) is 0.806. The Labute approximate surface area is 133 Å². The molecule has 1 aromatic rings. The minimum atomic E-state index is -0.990. The van der Waals surface area contributed by atoms with Crippen LogP contribution in [0.5, 0.6) is 5.75 Å². The molecule has 0 spiro atoms. The van der Waals surface area contributed by atoms with Crippen molar-refractivity contribution in [2.24, 2.45) is 5.92 Å². The smallest absolute Gasteiger partial charge is 0.119 e. The molecule has 5 heteroatoms. The maximum absolute atomic E-state index is 11.2. The fraction of sp³-hybridized carbons (Fsp3) is 0.625. The number of halogens is 1. The van der Waals surface area contributed by atoms with Gasteiger partial charge in [0.05, 0.1) is 18.8 Å². The van der Waals surface area contributed by atoms with Crippen LogP contribution >= 0.6 is 12.4 Å². The van der Waals surface area contributed by atoms with E-state index in [1.54, 1.807) is 7.11 Å². The fourth-order valence-corrected chi connectivity index (χ4v) is 3.19. The maximum atomic E-state index is 11.2. The average molecular weight is 316 g/mol. The number of aliphatic hydroxyl groups is 2. The van der Waals surface area contributed by atoms with E-state index in [-0.39, 0.29) is 18.3 Å². The lowest BCUT2D eigenvalue weighted by Crippen LogP contribution is -2.46. The summed E-state index contributed by atoms with van der Waals surface area (Å²) in [6.07, 6.45) is 1.53. The summed E-state index contributed by atoms with van der Waals surface area (Å²) >= 11 is 0. The van der Waals surface area contributed by atoms with Gasteiger partial charge in [-0.3, -0.25) is 0 Å². The molecular formula is C16H26ClNO3. The molecule has 0 radical (unpaired) electrons. The van der Waals surface area contributed by atoms with Crippen molar-refractivity contribution in [1.82, 2.24) is 4.90 Å². The first-order valence-electron chi connectivity index (χ1n) is 7.15. The van der Waals surface area contributed by atoms with Crippen LogP contribution < -0.4 is 4.74 Å². The van der Waals surface area contributed by atoms with Crippen molar-refractivity contribution < 1.29 is 14.9 Å². The third kappa shape index (κ3) is 4.10. The highest BCUT2D eigenvalue weighted by molar-refractivity contribution is 5.85. The number of hydrogen-bond acceptors (Lipinski definition) is 4. The van der Waals surface area contributed by atoms with Gasteiger partial charge in [0.15, 0.2) is 0 Å². The topological polar surface area (TPSA) is 52.9 Å². The normalized spacial score (nSPS) is 29.0. The predicted molar refractivity (Wildman–Crippen MR) is 86.0 cm³/mol. The van der Waals surface area contributed by atoms with E-state index in [2.05, 4.69) is 4.90 Å². The van der Waals surface area contributed by atoms with Gasteiger partial charge in [-0.2, -0.15) is 0 Å². The molecule has 0 heterocycles. The van der Waals surface area contributed by atoms with Gasteiger partial charge in [-0.1, -0.05) is 12.1 Å². The van der Waals surface area contributed by atoms with Gasteiger partial charge in [-0.15, -0.1) is 12.4 Å². The second kappa shape index (κ2) is 7.45. The van der Waals surface area contributed by atoms with E-state index < -0.39 is 11.7 Å².